The van der Waals surface area contributed by atoms with Gasteiger partial charge in [0.1, 0.15) is 5.82 Å². The molecule has 1 unspecified atom stereocenters. The number of nitrogens with one attached hydrogen (secondary N) is 2. The minimum absolute atomic E-state index is 0.522. The van der Waals surface area contributed by atoms with Crippen LogP contribution in [0.15, 0.2) is 18.2 Å². The van der Waals surface area contributed by atoms with E-state index in [1.165, 1.54) is 5.56 Å². The first kappa shape index (κ1) is 18.5. The van der Waals surface area contributed by atoms with Crippen LogP contribution >= 0.6 is 0 Å². The second-order valence-electron chi connectivity index (χ2n) is 7.62. The molecule has 28 heavy (non-hydrogen) atoms. The first-order valence-electron chi connectivity index (χ1n) is 10.1. The molecule has 2 heterocycles. The van der Waals surface area contributed by atoms with E-state index in [0.717, 1.165) is 68.9 Å². The molecule has 1 saturated heterocycles. The fourth-order valence-corrected chi connectivity index (χ4v) is 4.12. The largest absolute Gasteiger partial charge is 0.399 e. The number of nitrogens with zero attached hydrogens (tertiary/aromatic N) is 4. The maximum absolute atomic E-state index is 9.18. The van der Waals surface area contributed by atoms with Gasteiger partial charge in [-0.05, 0) is 56.8 Å². The van der Waals surface area contributed by atoms with Crippen molar-refractivity contribution in [1.82, 2.24) is 15.3 Å². The lowest BCUT2D eigenvalue weighted by Crippen LogP contribution is -2.33. The molecule has 146 valence electrons. The van der Waals surface area contributed by atoms with E-state index in [1.807, 2.05) is 0 Å². The van der Waals surface area contributed by atoms with Gasteiger partial charge in [-0.25, -0.2) is 4.98 Å². The van der Waals surface area contributed by atoms with Crippen LogP contribution < -0.4 is 21.3 Å². The summed E-state index contributed by atoms with van der Waals surface area (Å²) in [6.45, 7) is 5.26. The van der Waals surface area contributed by atoms with Crippen LogP contribution in [0.3, 0.4) is 0 Å². The number of aryl methyl sites for hydroxylation is 1. The van der Waals surface area contributed by atoms with E-state index in [1.54, 1.807) is 18.2 Å². The first-order chi connectivity index (χ1) is 13.7. The summed E-state index contributed by atoms with van der Waals surface area (Å²) >= 11 is 0. The van der Waals surface area contributed by atoms with Crippen molar-refractivity contribution in [1.29, 1.82) is 5.26 Å². The van der Waals surface area contributed by atoms with Gasteiger partial charge in [0.15, 0.2) is 0 Å². The average Bonchev–Trinajstić information content (AvgIpc) is 3.34. The SMILES string of the molecule is CCCNC1CCN(c2nc(Nc3cc(N)cc(C#N)c3)nc3c2CCC3)C1. The Labute approximate surface area is 166 Å². The van der Waals surface area contributed by atoms with Gasteiger partial charge in [-0.1, -0.05) is 6.92 Å². The number of nitrogens with two attached hydrogens (primary N) is 1. The molecular formula is C21H27N7. The lowest BCUT2D eigenvalue weighted by atomic mass is 10.2. The van der Waals surface area contributed by atoms with Crippen molar-refractivity contribution in [3.63, 3.8) is 0 Å². The third-order valence-electron chi connectivity index (χ3n) is 5.42. The number of nitriles is 1. The van der Waals surface area contributed by atoms with Crippen LogP contribution in [0, 0.1) is 11.3 Å². The third-order valence-corrected chi connectivity index (χ3v) is 5.42. The smallest absolute Gasteiger partial charge is 0.229 e. The van der Waals surface area contributed by atoms with Crippen LogP contribution in [0.25, 0.3) is 0 Å². The van der Waals surface area contributed by atoms with Crippen molar-refractivity contribution < 1.29 is 0 Å². The van der Waals surface area contributed by atoms with Gasteiger partial charge in [0.2, 0.25) is 5.95 Å². The molecule has 2 aliphatic rings. The Balaban J connectivity index is 1.60. The Morgan fingerprint density at radius 2 is 2.18 bits per heavy atom. The Morgan fingerprint density at radius 1 is 1.29 bits per heavy atom. The molecule has 1 aliphatic carbocycles. The van der Waals surface area contributed by atoms with Crippen LogP contribution in [-0.4, -0.2) is 35.6 Å². The maximum atomic E-state index is 9.18. The van der Waals surface area contributed by atoms with Crippen molar-refractivity contribution >= 4 is 23.1 Å². The highest BCUT2D eigenvalue weighted by Gasteiger charge is 2.28. The van der Waals surface area contributed by atoms with E-state index in [-0.39, 0.29) is 0 Å². The normalized spacial score (nSPS) is 18.1. The average molecular weight is 377 g/mol. The monoisotopic (exact) mass is 377 g/mol. The lowest BCUT2D eigenvalue weighted by molar-refractivity contribution is 0.549. The lowest BCUT2D eigenvalue weighted by Gasteiger charge is -2.22. The molecule has 7 nitrogen and oxygen atoms in total. The minimum atomic E-state index is 0.522. The predicted molar refractivity (Wildman–Crippen MR) is 112 cm³/mol. The van der Waals surface area contributed by atoms with E-state index >= 15 is 0 Å². The van der Waals surface area contributed by atoms with Crippen LogP contribution in [0.1, 0.15) is 43.0 Å². The molecule has 0 radical (unpaired) electrons. The minimum Gasteiger partial charge on any atom is -0.399 e. The van der Waals surface area contributed by atoms with Crippen LogP contribution in [0.2, 0.25) is 0 Å². The summed E-state index contributed by atoms with van der Waals surface area (Å²) in [4.78, 5) is 12.0. The molecule has 0 saturated carbocycles. The van der Waals surface area contributed by atoms with Crippen molar-refractivity contribution in [2.45, 2.75) is 45.1 Å². The Hall–Kier alpha value is -2.85. The number of aromatic nitrogens is 2. The van der Waals surface area contributed by atoms with Gasteiger partial charge < -0.3 is 21.3 Å². The topological polar surface area (TPSA) is 103 Å². The van der Waals surface area contributed by atoms with Crippen molar-refractivity contribution in [2.24, 2.45) is 0 Å². The number of rotatable bonds is 6. The summed E-state index contributed by atoms with van der Waals surface area (Å²) in [5.74, 6) is 1.64. The zero-order chi connectivity index (χ0) is 19.5. The Kier molecular flexibility index (Phi) is 5.31. The van der Waals surface area contributed by atoms with Gasteiger partial charge in [0.25, 0.3) is 0 Å². The molecule has 1 aliphatic heterocycles. The zero-order valence-electron chi connectivity index (χ0n) is 16.3. The summed E-state index contributed by atoms with van der Waals surface area (Å²) in [6.07, 6.45) is 5.46. The molecular weight excluding hydrogens is 350 g/mol. The highest BCUT2D eigenvalue weighted by molar-refractivity contribution is 5.65. The number of hydrogen-bond acceptors (Lipinski definition) is 7. The summed E-state index contributed by atoms with van der Waals surface area (Å²) in [7, 11) is 0. The standard InChI is InChI=1S/C21H27N7/c1-2-7-24-16-6-8-28(13-16)20-18-4-3-5-19(18)26-21(27-20)25-17-10-14(12-22)9-15(23)11-17/h9-11,16,24H,2-8,13,23H2,1H3,(H,25,26,27). The third kappa shape index (κ3) is 3.87. The van der Waals surface area contributed by atoms with Crippen molar-refractivity contribution in [2.75, 3.05) is 35.6 Å². The van der Waals surface area contributed by atoms with E-state index < -0.39 is 0 Å². The summed E-state index contributed by atoms with van der Waals surface area (Å²) in [5.41, 5.74) is 10.2. The molecule has 1 aromatic heterocycles. The molecule has 1 aromatic carbocycles. The van der Waals surface area contributed by atoms with E-state index in [4.69, 9.17) is 15.7 Å². The highest BCUT2D eigenvalue weighted by Crippen LogP contribution is 2.32. The highest BCUT2D eigenvalue weighted by atomic mass is 15.3. The number of nitrogen functional groups attached to an aromatic ring is 1. The fourth-order valence-electron chi connectivity index (χ4n) is 4.12. The second-order valence-corrected chi connectivity index (χ2v) is 7.62. The van der Waals surface area contributed by atoms with Crippen molar-refractivity contribution in [3.8, 4) is 6.07 Å². The maximum Gasteiger partial charge on any atom is 0.229 e. The number of fused-ring (bicyclic) bond motifs is 1. The van der Waals surface area contributed by atoms with Gasteiger partial charge in [0.05, 0.1) is 17.3 Å². The molecule has 7 heteroatoms. The van der Waals surface area contributed by atoms with Crippen LogP contribution in [-0.2, 0) is 12.8 Å². The predicted octanol–water partition coefficient (Wildman–Crippen LogP) is 2.74. The van der Waals surface area contributed by atoms with Gasteiger partial charge in [-0.15, -0.1) is 0 Å². The summed E-state index contributed by atoms with van der Waals surface area (Å²) in [6, 6.07) is 7.90. The van der Waals surface area contributed by atoms with Gasteiger partial charge in [-0.2, -0.15) is 10.2 Å². The van der Waals surface area contributed by atoms with Crippen molar-refractivity contribution in [3.05, 3.63) is 35.0 Å². The Morgan fingerprint density at radius 3 is 3.00 bits per heavy atom. The van der Waals surface area contributed by atoms with Crippen LogP contribution in [0.4, 0.5) is 23.1 Å². The molecule has 4 rings (SSSR count). The zero-order valence-corrected chi connectivity index (χ0v) is 16.3. The Bertz CT molecular complexity index is 902. The van der Waals surface area contributed by atoms with E-state index in [0.29, 0.717) is 23.2 Å². The van der Waals surface area contributed by atoms with Gasteiger partial charge in [0, 0.05) is 36.1 Å². The molecule has 0 spiro atoms. The quantitative estimate of drug-likeness (QED) is 0.665. The summed E-state index contributed by atoms with van der Waals surface area (Å²) < 4.78 is 0. The van der Waals surface area contributed by atoms with Gasteiger partial charge in [-0.3, -0.25) is 0 Å². The summed E-state index contributed by atoms with van der Waals surface area (Å²) in [5, 5.41) is 16.1. The first-order valence-corrected chi connectivity index (χ1v) is 10.1. The molecule has 0 amide bonds. The molecule has 1 fully saturated rings. The molecule has 2 aromatic rings. The fraction of sp³-hybridized carbons (Fsp3) is 0.476. The number of hydrogen-bond donors (Lipinski definition) is 3. The molecule has 4 N–H and O–H groups in total. The second kappa shape index (κ2) is 8.03. The van der Waals surface area contributed by atoms with E-state index in [2.05, 4.69) is 28.5 Å². The van der Waals surface area contributed by atoms with Gasteiger partial charge >= 0.3 is 0 Å². The molecule has 0 bridgehead atoms. The van der Waals surface area contributed by atoms with E-state index in [9.17, 15) is 5.26 Å². The number of anilines is 4. The number of benzene rings is 1. The van der Waals surface area contributed by atoms with Crippen LogP contribution in [0.5, 0.6) is 0 Å². The molecule has 1 atom stereocenters.